The topological polar surface area (TPSA) is 74.6 Å². The lowest BCUT2D eigenvalue weighted by atomic mass is 10.0. The van der Waals surface area contributed by atoms with E-state index >= 15 is 0 Å². The van der Waals surface area contributed by atoms with Crippen LogP contribution in [0.2, 0.25) is 0 Å². The van der Waals surface area contributed by atoms with Gasteiger partial charge in [-0.05, 0) is 29.0 Å². The van der Waals surface area contributed by atoms with Gasteiger partial charge in [-0.25, -0.2) is 9.59 Å². The van der Waals surface area contributed by atoms with Crippen LogP contribution in [0.4, 0.5) is 0 Å². The molecule has 2 N–H and O–H groups in total. The van der Waals surface area contributed by atoms with E-state index in [1.807, 2.05) is 0 Å². The summed E-state index contributed by atoms with van der Waals surface area (Å²) in [4.78, 5) is 21.4. The van der Waals surface area contributed by atoms with Crippen LogP contribution in [0, 0.1) is 6.07 Å². The zero-order chi connectivity index (χ0) is 11.7. The lowest BCUT2D eigenvalue weighted by Gasteiger charge is -2.00. The Bertz CT molecular complexity index is 533. The van der Waals surface area contributed by atoms with Crippen molar-refractivity contribution in [3.8, 4) is 0 Å². The van der Waals surface area contributed by atoms with Crippen LogP contribution in [-0.2, 0) is 0 Å². The number of carboxylic acids is 2. The minimum absolute atomic E-state index is 0.0653. The molecule has 0 bridgehead atoms. The van der Waals surface area contributed by atoms with Crippen molar-refractivity contribution >= 4 is 22.7 Å². The molecular formula is C12H7O4. The van der Waals surface area contributed by atoms with Gasteiger partial charge in [0.05, 0.1) is 11.1 Å². The summed E-state index contributed by atoms with van der Waals surface area (Å²) in [5.74, 6) is -2.06. The second kappa shape index (κ2) is 3.66. The highest BCUT2D eigenvalue weighted by molar-refractivity contribution is 5.97. The second-order valence-corrected chi connectivity index (χ2v) is 3.28. The van der Waals surface area contributed by atoms with E-state index < -0.39 is 11.9 Å². The molecule has 0 spiro atoms. The van der Waals surface area contributed by atoms with Gasteiger partial charge < -0.3 is 10.2 Å². The van der Waals surface area contributed by atoms with Gasteiger partial charge in [-0.3, -0.25) is 0 Å². The van der Waals surface area contributed by atoms with Gasteiger partial charge in [-0.2, -0.15) is 0 Å². The van der Waals surface area contributed by atoms with Gasteiger partial charge in [0.2, 0.25) is 0 Å². The van der Waals surface area contributed by atoms with E-state index in [4.69, 9.17) is 10.2 Å². The van der Waals surface area contributed by atoms with Crippen LogP contribution < -0.4 is 0 Å². The van der Waals surface area contributed by atoms with Gasteiger partial charge in [0.25, 0.3) is 0 Å². The number of fused-ring (bicyclic) bond motifs is 1. The molecule has 0 aliphatic rings. The summed E-state index contributed by atoms with van der Waals surface area (Å²) in [6, 6.07) is 10.1. The Morgan fingerprint density at radius 1 is 1.00 bits per heavy atom. The molecule has 4 heteroatoms. The van der Waals surface area contributed by atoms with Crippen molar-refractivity contribution in [2.24, 2.45) is 0 Å². The largest absolute Gasteiger partial charge is 0.478 e. The van der Waals surface area contributed by atoms with E-state index in [2.05, 4.69) is 6.07 Å². The van der Waals surface area contributed by atoms with Gasteiger partial charge in [0.15, 0.2) is 0 Å². The molecule has 1 radical (unpaired) electrons. The Kier molecular flexibility index (Phi) is 2.32. The first-order valence-corrected chi connectivity index (χ1v) is 4.50. The standard InChI is InChI=1S/C12H7O4/c13-11(14)9-3-1-7-5-10(12(15)16)4-2-8(7)6-9/h1-5H,(H,13,14)(H,15,16). The van der Waals surface area contributed by atoms with Crippen LogP contribution in [0.1, 0.15) is 20.7 Å². The maximum Gasteiger partial charge on any atom is 0.336 e. The van der Waals surface area contributed by atoms with Crippen LogP contribution in [0.15, 0.2) is 30.3 Å². The molecule has 2 aromatic rings. The predicted molar refractivity (Wildman–Crippen MR) is 56.7 cm³/mol. The molecule has 0 atom stereocenters. The predicted octanol–water partition coefficient (Wildman–Crippen LogP) is 2.04. The average molecular weight is 215 g/mol. The van der Waals surface area contributed by atoms with Crippen LogP contribution in [0.5, 0.6) is 0 Å². The van der Waals surface area contributed by atoms with Crippen LogP contribution in [0.3, 0.4) is 0 Å². The van der Waals surface area contributed by atoms with Crippen molar-refractivity contribution in [1.82, 2.24) is 0 Å². The molecule has 0 saturated carbocycles. The van der Waals surface area contributed by atoms with Crippen LogP contribution in [-0.4, -0.2) is 22.2 Å². The number of rotatable bonds is 2. The second-order valence-electron chi connectivity index (χ2n) is 3.28. The number of hydrogen-bond acceptors (Lipinski definition) is 2. The van der Waals surface area contributed by atoms with Crippen molar-refractivity contribution in [3.63, 3.8) is 0 Å². The molecule has 0 unspecified atom stereocenters. The molecule has 2 aromatic carbocycles. The monoisotopic (exact) mass is 215 g/mol. The van der Waals surface area contributed by atoms with Crippen molar-refractivity contribution in [3.05, 3.63) is 47.5 Å². The number of aromatic carboxylic acids is 2. The third kappa shape index (κ3) is 1.72. The first-order chi connectivity index (χ1) is 7.58. The fourth-order valence-corrected chi connectivity index (χ4v) is 1.43. The van der Waals surface area contributed by atoms with Gasteiger partial charge in [0.1, 0.15) is 0 Å². The molecule has 0 aliphatic carbocycles. The molecule has 0 amide bonds. The fraction of sp³-hybridized carbons (Fsp3) is 0. The molecule has 0 saturated heterocycles. The highest BCUT2D eigenvalue weighted by Gasteiger charge is 2.07. The highest BCUT2D eigenvalue weighted by Crippen LogP contribution is 2.17. The highest BCUT2D eigenvalue weighted by atomic mass is 16.4. The minimum atomic E-state index is -1.05. The normalized spacial score (nSPS) is 10.2. The summed E-state index contributed by atoms with van der Waals surface area (Å²) >= 11 is 0. The molecule has 2 rings (SSSR count). The van der Waals surface area contributed by atoms with Crippen LogP contribution in [0.25, 0.3) is 10.8 Å². The smallest absolute Gasteiger partial charge is 0.336 e. The molecular weight excluding hydrogens is 208 g/mol. The number of benzene rings is 2. The Hall–Kier alpha value is -2.36. The Labute approximate surface area is 90.8 Å². The summed E-state index contributed by atoms with van der Waals surface area (Å²) in [7, 11) is 0. The summed E-state index contributed by atoms with van der Waals surface area (Å²) in [6.45, 7) is 0. The minimum Gasteiger partial charge on any atom is -0.478 e. The van der Waals surface area contributed by atoms with E-state index in [1.165, 1.54) is 18.2 Å². The Balaban J connectivity index is 2.61. The molecule has 0 heterocycles. The van der Waals surface area contributed by atoms with E-state index in [-0.39, 0.29) is 11.1 Å². The zero-order valence-electron chi connectivity index (χ0n) is 8.10. The van der Waals surface area contributed by atoms with E-state index in [0.29, 0.717) is 10.8 Å². The maximum atomic E-state index is 10.7. The fourth-order valence-electron chi connectivity index (χ4n) is 1.43. The Morgan fingerprint density at radius 2 is 1.75 bits per heavy atom. The first-order valence-electron chi connectivity index (χ1n) is 4.50. The van der Waals surface area contributed by atoms with E-state index in [9.17, 15) is 9.59 Å². The SMILES string of the molecule is O=C(O)c1[c]c2ccc(C(=O)O)cc2cc1. The maximum absolute atomic E-state index is 10.7. The third-order valence-electron chi connectivity index (χ3n) is 2.23. The van der Waals surface area contributed by atoms with Crippen molar-refractivity contribution in [2.75, 3.05) is 0 Å². The molecule has 16 heavy (non-hydrogen) atoms. The van der Waals surface area contributed by atoms with Gasteiger partial charge >= 0.3 is 11.9 Å². The molecule has 0 fully saturated rings. The van der Waals surface area contributed by atoms with Gasteiger partial charge in [0, 0.05) is 6.07 Å². The van der Waals surface area contributed by atoms with E-state index in [1.54, 1.807) is 12.1 Å². The molecule has 0 aromatic heterocycles. The number of hydrogen-bond donors (Lipinski definition) is 2. The molecule has 0 aliphatic heterocycles. The van der Waals surface area contributed by atoms with Gasteiger partial charge in [-0.15, -0.1) is 0 Å². The van der Waals surface area contributed by atoms with Gasteiger partial charge in [-0.1, -0.05) is 12.1 Å². The molecule has 79 valence electrons. The lowest BCUT2D eigenvalue weighted by molar-refractivity contribution is 0.0685. The quantitative estimate of drug-likeness (QED) is 0.803. The third-order valence-corrected chi connectivity index (χ3v) is 2.23. The summed E-state index contributed by atoms with van der Waals surface area (Å²) in [5, 5.41) is 18.8. The van der Waals surface area contributed by atoms with Crippen molar-refractivity contribution < 1.29 is 19.8 Å². The summed E-state index contributed by atoms with van der Waals surface area (Å²) in [5.41, 5.74) is 0.236. The first kappa shape index (κ1) is 10.2. The number of carbonyl (C=O) groups is 2. The van der Waals surface area contributed by atoms with Crippen molar-refractivity contribution in [1.29, 1.82) is 0 Å². The van der Waals surface area contributed by atoms with Crippen molar-refractivity contribution in [2.45, 2.75) is 0 Å². The summed E-state index contributed by atoms with van der Waals surface area (Å²) < 4.78 is 0. The lowest BCUT2D eigenvalue weighted by Crippen LogP contribution is -1.97. The van der Waals surface area contributed by atoms with Crippen LogP contribution >= 0.6 is 0 Å². The Morgan fingerprint density at radius 3 is 2.38 bits per heavy atom. The molecule has 4 nitrogen and oxygen atoms in total. The number of carboxylic acid groups (broad SMARTS) is 2. The summed E-state index contributed by atoms with van der Waals surface area (Å²) in [6.07, 6.45) is 0. The zero-order valence-corrected chi connectivity index (χ0v) is 8.10. The van der Waals surface area contributed by atoms with E-state index in [0.717, 1.165) is 0 Å². The average Bonchev–Trinajstić information content (AvgIpc) is 2.27.